The maximum atomic E-state index is 11.2. The number of hydrogen-bond acceptors (Lipinski definition) is 3. The van der Waals surface area contributed by atoms with Crippen molar-refractivity contribution in [3.8, 4) is 0 Å². The minimum atomic E-state index is -0.137. The first-order valence-electron chi connectivity index (χ1n) is 9.70. The van der Waals surface area contributed by atoms with E-state index in [2.05, 4.69) is 35.7 Å². The second-order valence-electron chi connectivity index (χ2n) is 6.81. The average Bonchev–Trinajstić information content (AvgIpc) is 2.61. The molecule has 0 aromatic heterocycles. The number of carbonyl (C=O) groups excluding carboxylic acids is 1. The minimum Gasteiger partial charge on any atom is -0.369 e. The van der Waals surface area contributed by atoms with Crippen LogP contribution in [0, 0.1) is 5.92 Å². The highest BCUT2D eigenvalue weighted by Crippen LogP contribution is 2.16. The fourth-order valence-electron chi connectivity index (χ4n) is 3.12. The molecule has 0 aliphatic carbocycles. The number of rotatable bonds is 11. The van der Waals surface area contributed by atoms with Gasteiger partial charge in [-0.15, -0.1) is 30.6 Å². The monoisotopic (exact) mass is 479 g/mol. The van der Waals surface area contributed by atoms with Gasteiger partial charge in [0.1, 0.15) is 0 Å². The molecule has 1 heterocycles. The van der Waals surface area contributed by atoms with Gasteiger partial charge in [-0.05, 0) is 65.1 Å². The Kier molecular flexibility index (Phi) is 14.8. The number of allylic oxidation sites excluding steroid dienone is 1. The molecule has 0 saturated carbocycles. The number of primary amides is 1. The van der Waals surface area contributed by atoms with Gasteiger partial charge in [-0.3, -0.25) is 9.79 Å². The van der Waals surface area contributed by atoms with Crippen LogP contribution in [0.1, 0.15) is 45.4 Å². The zero-order chi connectivity index (χ0) is 18.5. The number of nitrogens with zero attached hydrogens (tertiary/aromatic N) is 3. The molecule has 1 aliphatic rings. The molecule has 26 heavy (non-hydrogen) atoms. The van der Waals surface area contributed by atoms with E-state index in [1.165, 1.54) is 0 Å². The Balaban J connectivity index is 0.00000625. The Labute approximate surface area is 176 Å². The maximum Gasteiger partial charge on any atom is 0.220 e. The minimum absolute atomic E-state index is 0. The van der Waals surface area contributed by atoms with E-state index < -0.39 is 0 Å². The number of amides is 1. The van der Waals surface area contributed by atoms with Crippen molar-refractivity contribution in [2.24, 2.45) is 16.6 Å². The lowest BCUT2D eigenvalue weighted by Gasteiger charge is -2.30. The largest absolute Gasteiger partial charge is 0.369 e. The van der Waals surface area contributed by atoms with Gasteiger partial charge in [-0.25, -0.2) is 0 Å². The molecule has 1 rings (SSSR count). The highest BCUT2D eigenvalue weighted by molar-refractivity contribution is 14.0. The van der Waals surface area contributed by atoms with E-state index in [1.807, 2.05) is 6.08 Å². The predicted octanol–water partition coefficient (Wildman–Crippen LogP) is 2.45. The molecule has 152 valence electrons. The summed E-state index contributed by atoms with van der Waals surface area (Å²) in [5.74, 6) is 0.941. The van der Waals surface area contributed by atoms with Gasteiger partial charge in [0, 0.05) is 32.6 Å². The van der Waals surface area contributed by atoms with E-state index >= 15 is 0 Å². The van der Waals surface area contributed by atoms with Gasteiger partial charge in [-0.1, -0.05) is 6.08 Å². The summed E-state index contributed by atoms with van der Waals surface area (Å²) in [5.41, 5.74) is 5.38. The van der Waals surface area contributed by atoms with Crippen LogP contribution in [-0.4, -0.2) is 68.0 Å². The Morgan fingerprint density at radius 1 is 1.35 bits per heavy atom. The summed E-state index contributed by atoms with van der Waals surface area (Å²) in [4.78, 5) is 20.6. The summed E-state index contributed by atoms with van der Waals surface area (Å²) in [5, 5.41) is 3.36. The van der Waals surface area contributed by atoms with Crippen LogP contribution in [0.15, 0.2) is 17.6 Å². The quantitative estimate of drug-likeness (QED) is 0.157. The molecule has 0 radical (unpaired) electrons. The summed E-state index contributed by atoms with van der Waals surface area (Å²) in [6, 6.07) is 0. The summed E-state index contributed by atoms with van der Waals surface area (Å²) >= 11 is 0. The first-order valence-corrected chi connectivity index (χ1v) is 9.70. The zero-order valence-electron chi connectivity index (χ0n) is 16.6. The Bertz CT molecular complexity index is 422. The maximum absolute atomic E-state index is 11.2. The number of hydrogen-bond donors (Lipinski definition) is 2. The van der Waals surface area contributed by atoms with Gasteiger partial charge in [0.15, 0.2) is 5.96 Å². The first-order chi connectivity index (χ1) is 12.1. The molecular formula is C19H38IN5O. The van der Waals surface area contributed by atoms with Crippen LogP contribution in [0.2, 0.25) is 0 Å². The molecule has 1 fully saturated rings. The second kappa shape index (κ2) is 15.2. The molecule has 0 unspecified atom stereocenters. The van der Waals surface area contributed by atoms with Crippen LogP contribution in [0.4, 0.5) is 0 Å². The number of piperidine rings is 1. The highest BCUT2D eigenvalue weighted by Gasteiger charge is 2.22. The first kappa shape index (κ1) is 25.2. The molecule has 3 N–H and O–H groups in total. The molecule has 0 aromatic rings. The highest BCUT2D eigenvalue weighted by atomic mass is 127. The zero-order valence-corrected chi connectivity index (χ0v) is 18.9. The Hall–Kier alpha value is -0.830. The van der Waals surface area contributed by atoms with Crippen molar-refractivity contribution in [1.29, 1.82) is 0 Å². The van der Waals surface area contributed by atoms with Crippen LogP contribution in [0.3, 0.4) is 0 Å². The molecule has 0 spiro atoms. The average molecular weight is 479 g/mol. The van der Waals surface area contributed by atoms with E-state index in [0.29, 0.717) is 0 Å². The number of nitrogens with one attached hydrogen (secondary N) is 1. The van der Waals surface area contributed by atoms with Crippen LogP contribution in [-0.2, 0) is 4.79 Å². The number of guanidine groups is 1. The summed E-state index contributed by atoms with van der Waals surface area (Å²) in [6.07, 6.45) is 8.16. The summed E-state index contributed by atoms with van der Waals surface area (Å²) in [7, 11) is 2.09. The standard InChI is InChI=1S/C19H37N5O.HI/c1-4-6-8-13-23(3)19(21-5-2)22-12-7-9-14-24-15-10-17(11-16-24)18(20)25;/h4,17H,1,5-16H2,2-3H3,(H2,20,25)(H,21,22);1H. The van der Waals surface area contributed by atoms with Crippen molar-refractivity contribution in [3.63, 3.8) is 0 Å². The van der Waals surface area contributed by atoms with E-state index in [1.54, 1.807) is 0 Å². The van der Waals surface area contributed by atoms with Gasteiger partial charge in [0.05, 0.1) is 0 Å². The number of nitrogens with two attached hydrogens (primary N) is 1. The fraction of sp³-hybridized carbons (Fsp3) is 0.789. The van der Waals surface area contributed by atoms with Crippen molar-refractivity contribution < 1.29 is 4.79 Å². The Morgan fingerprint density at radius 2 is 2.04 bits per heavy atom. The van der Waals surface area contributed by atoms with Crippen LogP contribution in [0.25, 0.3) is 0 Å². The lowest BCUT2D eigenvalue weighted by atomic mass is 9.96. The van der Waals surface area contributed by atoms with E-state index in [-0.39, 0.29) is 35.8 Å². The smallest absolute Gasteiger partial charge is 0.220 e. The molecule has 0 aromatic carbocycles. The molecule has 1 saturated heterocycles. The number of aliphatic imine (C=N–C) groups is 1. The number of carbonyl (C=O) groups is 1. The number of halogens is 1. The van der Waals surface area contributed by atoms with E-state index in [4.69, 9.17) is 10.7 Å². The molecule has 1 aliphatic heterocycles. The SMILES string of the molecule is C=CCCCN(C)C(=NCCCCN1CCC(C(N)=O)CC1)NCC.I. The fourth-order valence-corrected chi connectivity index (χ4v) is 3.12. The molecular weight excluding hydrogens is 441 g/mol. The van der Waals surface area contributed by atoms with Crippen molar-refractivity contribution >= 4 is 35.8 Å². The third kappa shape index (κ3) is 10.4. The van der Waals surface area contributed by atoms with E-state index in [9.17, 15) is 4.79 Å². The van der Waals surface area contributed by atoms with Gasteiger partial charge in [0.2, 0.25) is 5.91 Å². The predicted molar refractivity (Wildman–Crippen MR) is 121 cm³/mol. The lowest BCUT2D eigenvalue weighted by Crippen LogP contribution is -2.39. The van der Waals surface area contributed by atoms with Crippen LogP contribution >= 0.6 is 24.0 Å². The van der Waals surface area contributed by atoms with E-state index in [0.717, 1.165) is 83.8 Å². The van der Waals surface area contributed by atoms with Crippen LogP contribution < -0.4 is 11.1 Å². The van der Waals surface area contributed by atoms with Crippen LogP contribution in [0.5, 0.6) is 0 Å². The lowest BCUT2D eigenvalue weighted by molar-refractivity contribution is -0.123. The Morgan fingerprint density at radius 3 is 2.62 bits per heavy atom. The van der Waals surface area contributed by atoms with Gasteiger partial charge >= 0.3 is 0 Å². The topological polar surface area (TPSA) is 74.0 Å². The second-order valence-corrected chi connectivity index (χ2v) is 6.81. The number of unbranched alkanes of at least 4 members (excludes halogenated alkanes) is 2. The number of likely N-dealkylation sites (tertiary alicyclic amines) is 1. The van der Waals surface area contributed by atoms with Gasteiger partial charge in [0.25, 0.3) is 0 Å². The molecule has 0 bridgehead atoms. The van der Waals surface area contributed by atoms with Crippen molar-refractivity contribution in [1.82, 2.24) is 15.1 Å². The summed E-state index contributed by atoms with van der Waals surface area (Å²) < 4.78 is 0. The molecule has 6 nitrogen and oxygen atoms in total. The molecule has 1 amide bonds. The van der Waals surface area contributed by atoms with Gasteiger partial charge in [-0.2, -0.15) is 0 Å². The van der Waals surface area contributed by atoms with Crippen molar-refractivity contribution in [2.45, 2.75) is 45.4 Å². The summed E-state index contributed by atoms with van der Waals surface area (Å²) in [6.45, 7) is 11.7. The molecule has 7 heteroatoms. The van der Waals surface area contributed by atoms with Crippen molar-refractivity contribution in [3.05, 3.63) is 12.7 Å². The van der Waals surface area contributed by atoms with Crippen molar-refractivity contribution in [2.75, 3.05) is 46.3 Å². The normalized spacial score (nSPS) is 16.0. The third-order valence-electron chi connectivity index (χ3n) is 4.73. The third-order valence-corrected chi connectivity index (χ3v) is 4.73. The molecule has 0 atom stereocenters. The van der Waals surface area contributed by atoms with Gasteiger partial charge < -0.3 is 20.9 Å².